The molecule has 0 saturated heterocycles. The number of halogens is 2. The van der Waals surface area contributed by atoms with Crippen LogP contribution in [0, 0.1) is 0 Å². The minimum Gasteiger partial charge on any atom is -0.507 e. The van der Waals surface area contributed by atoms with E-state index >= 15 is 0 Å². The topological polar surface area (TPSA) is 20.2 Å². The summed E-state index contributed by atoms with van der Waals surface area (Å²) in [5, 5.41) is 12.3. The van der Waals surface area contributed by atoms with Crippen LogP contribution in [0.1, 0.15) is 70.2 Å². The van der Waals surface area contributed by atoms with Gasteiger partial charge in [0.25, 0.3) is 0 Å². The molecule has 1 nitrogen and oxygen atoms in total. The number of phenolic OH excluding ortho intramolecular Hbond substituents is 1. The van der Waals surface area contributed by atoms with Gasteiger partial charge in [0.1, 0.15) is 5.75 Å². The summed E-state index contributed by atoms with van der Waals surface area (Å²) in [7, 11) is 0. The van der Waals surface area contributed by atoms with E-state index in [4.69, 9.17) is 23.2 Å². The molecule has 0 bridgehead atoms. The number of aryl methyl sites for hydroxylation is 1. The van der Waals surface area contributed by atoms with E-state index in [0.717, 1.165) is 51.1 Å². The van der Waals surface area contributed by atoms with E-state index < -0.39 is 0 Å². The zero-order valence-electron chi connectivity index (χ0n) is 17.8. The van der Waals surface area contributed by atoms with Gasteiger partial charge in [-0.1, -0.05) is 82.9 Å². The average Bonchev–Trinajstić information content (AvgIpc) is 2.56. The van der Waals surface area contributed by atoms with E-state index in [-0.39, 0.29) is 10.8 Å². The van der Waals surface area contributed by atoms with Gasteiger partial charge in [0.2, 0.25) is 0 Å². The van der Waals surface area contributed by atoms with Gasteiger partial charge in [-0.15, -0.1) is 0 Å². The Morgan fingerprint density at radius 2 is 1.39 bits per heavy atom. The Hall–Kier alpha value is -0.830. The molecular formula is C24H32Cl2OS. The summed E-state index contributed by atoms with van der Waals surface area (Å²) in [6, 6.07) is 10.0. The summed E-state index contributed by atoms with van der Waals surface area (Å²) < 4.78 is 0. The summed E-state index contributed by atoms with van der Waals surface area (Å²) in [5.74, 6) is 2.32. The van der Waals surface area contributed by atoms with Gasteiger partial charge in [-0.05, 0) is 63.8 Å². The first kappa shape index (κ1) is 23.4. The molecule has 0 aromatic heterocycles. The van der Waals surface area contributed by atoms with Crippen molar-refractivity contribution < 1.29 is 5.11 Å². The third kappa shape index (κ3) is 6.08. The normalized spacial score (nSPS) is 12.4. The molecule has 4 heteroatoms. The van der Waals surface area contributed by atoms with Crippen LogP contribution in [0.4, 0.5) is 0 Å². The van der Waals surface area contributed by atoms with Crippen LogP contribution in [-0.2, 0) is 23.0 Å². The monoisotopic (exact) mass is 438 g/mol. The highest BCUT2D eigenvalue weighted by Gasteiger charge is 2.26. The number of benzene rings is 2. The maximum absolute atomic E-state index is 10.8. The molecule has 0 aliphatic carbocycles. The molecule has 0 heterocycles. The third-order valence-electron chi connectivity index (χ3n) is 4.85. The molecule has 2 rings (SSSR count). The van der Waals surface area contributed by atoms with Crippen molar-refractivity contribution >= 4 is 35.0 Å². The van der Waals surface area contributed by atoms with Crippen molar-refractivity contribution in [3.63, 3.8) is 0 Å². The van der Waals surface area contributed by atoms with Gasteiger partial charge in [-0.3, -0.25) is 0 Å². The van der Waals surface area contributed by atoms with E-state index in [0.29, 0.717) is 5.75 Å². The molecule has 2 aromatic carbocycles. The van der Waals surface area contributed by atoms with Crippen molar-refractivity contribution in [1.29, 1.82) is 0 Å². The lowest BCUT2D eigenvalue weighted by Crippen LogP contribution is -2.18. The summed E-state index contributed by atoms with van der Waals surface area (Å²) in [4.78, 5) is 0. The lowest BCUT2D eigenvalue weighted by Gasteiger charge is -2.28. The maximum Gasteiger partial charge on any atom is 0.123 e. The smallest absolute Gasteiger partial charge is 0.123 e. The second-order valence-electron chi connectivity index (χ2n) is 9.40. The molecule has 154 valence electrons. The Kier molecular flexibility index (Phi) is 7.81. The summed E-state index contributed by atoms with van der Waals surface area (Å²) >= 11 is 14.4. The fourth-order valence-corrected chi connectivity index (χ4v) is 4.90. The highest BCUT2D eigenvalue weighted by atomic mass is 35.5. The highest BCUT2D eigenvalue weighted by molar-refractivity contribution is 7.98. The maximum atomic E-state index is 10.8. The van der Waals surface area contributed by atoms with Crippen molar-refractivity contribution in [2.24, 2.45) is 0 Å². The molecule has 0 saturated carbocycles. The van der Waals surface area contributed by atoms with Crippen molar-refractivity contribution in [2.45, 2.75) is 71.0 Å². The van der Waals surface area contributed by atoms with E-state index in [1.54, 1.807) is 0 Å². The molecule has 0 atom stereocenters. The van der Waals surface area contributed by atoms with Gasteiger partial charge >= 0.3 is 0 Å². The number of thioether (sulfide) groups is 1. The van der Waals surface area contributed by atoms with Crippen LogP contribution in [0.25, 0.3) is 0 Å². The molecule has 0 spiro atoms. The van der Waals surface area contributed by atoms with Gasteiger partial charge in [0, 0.05) is 15.8 Å². The van der Waals surface area contributed by atoms with Crippen LogP contribution in [0.2, 0.25) is 10.0 Å². The molecule has 0 fully saturated rings. The lowest BCUT2D eigenvalue weighted by molar-refractivity contribution is 0.422. The highest BCUT2D eigenvalue weighted by Crippen LogP contribution is 2.40. The largest absolute Gasteiger partial charge is 0.507 e. The van der Waals surface area contributed by atoms with Gasteiger partial charge in [0.05, 0.1) is 0 Å². The minimum absolute atomic E-state index is 0.0876. The molecule has 1 N–H and O–H groups in total. The Bertz CT molecular complexity index is 761. The Balaban J connectivity index is 2.06. The predicted octanol–water partition coefficient (Wildman–Crippen LogP) is 8.16. The average molecular weight is 439 g/mol. The van der Waals surface area contributed by atoms with Crippen molar-refractivity contribution in [1.82, 2.24) is 0 Å². The summed E-state index contributed by atoms with van der Waals surface area (Å²) in [6.07, 6.45) is 2.07. The van der Waals surface area contributed by atoms with Crippen LogP contribution in [0.5, 0.6) is 5.75 Å². The van der Waals surface area contributed by atoms with E-state index in [1.165, 1.54) is 5.56 Å². The first-order chi connectivity index (χ1) is 12.9. The molecule has 28 heavy (non-hydrogen) atoms. The van der Waals surface area contributed by atoms with Crippen molar-refractivity contribution in [3.8, 4) is 5.75 Å². The van der Waals surface area contributed by atoms with Crippen molar-refractivity contribution in [3.05, 3.63) is 62.6 Å². The van der Waals surface area contributed by atoms with Gasteiger partial charge in [-0.25, -0.2) is 0 Å². The molecule has 0 amide bonds. The lowest BCUT2D eigenvalue weighted by atomic mass is 9.78. The fourth-order valence-electron chi connectivity index (χ4n) is 3.20. The Morgan fingerprint density at radius 1 is 0.893 bits per heavy atom. The van der Waals surface area contributed by atoms with Crippen LogP contribution in [-0.4, -0.2) is 10.9 Å². The van der Waals surface area contributed by atoms with E-state index in [2.05, 4.69) is 53.7 Å². The molecule has 0 unspecified atom stereocenters. The van der Waals surface area contributed by atoms with Crippen LogP contribution < -0.4 is 0 Å². The fraction of sp³-hybridized carbons (Fsp3) is 0.500. The van der Waals surface area contributed by atoms with Gasteiger partial charge in [0.15, 0.2) is 0 Å². The molecule has 0 aliphatic rings. The number of phenols is 1. The SMILES string of the molecule is CC(C)(C)c1cc(CCCSCc2c(Cl)cccc2Cl)cc(C(C)(C)C)c1O. The molecule has 0 aliphatic heterocycles. The molecule has 0 radical (unpaired) electrons. The minimum atomic E-state index is -0.0876. The Labute approximate surface area is 184 Å². The molecular weight excluding hydrogens is 407 g/mol. The number of hydrogen-bond donors (Lipinski definition) is 1. The van der Waals surface area contributed by atoms with Crippen molar-refractivity contribution in [2.75, 3.05) is 5.75 Å². The zero-order valence-corrected chi connectivity index (χ0v) is 20.2. The second-order valence-corrected chi connectivity index (χ2v) is 11.3. The van der Waals surface area contributed by atoms with E-state index in [9.17, 15) is 5.11 Å². The quantitative estimate of drug-likeness (QED) is 0.458. The zero-order chi connectivity index (χ0) is 21.1. The standard InChI is InChI=1S/C24H32Cl2OS/c1-23(2,3)18-13-16(14-19(22(18)27)24(4,5)6)9-8-12-28-15-17-20(25)10-7-11-21(17)26/h7,10-11,13-14,27H,8-9,12,15H2,1-6H3. The third-order valence-corrected chi connectivity index (χ3v) is 6.63. The van der Waals surface area contributed by atoms with Gasteiger partial charge in [-0.2, -0.15) is 11.8 Å². The Morgan fingerprint density at radius 3 is 1.86 bits per heavy atom. The number of hydrogen-bond acceptors (Lipinski definition) is 2. The first-order valence-electron chi connectivity index (χ1n) is 9.78. The van der Waals surface area contributed by atoms with Crippen LogP contribution >= 0.6 is 35.0 Å². The first-order valence-corrected chi connectivity index (χ1v) is 11.7. The number of aromatic hydroxyl groups is 1. The van der Waals surface area contributed by atoms with Crippen LogP contribution in [0.15, 0.2) is 30.3 Å². The molecule has 2 aromatic rings. The van der Waals surface area contributed by atoms with Crippen LogP contribution in [0.3, 0.4) is 0 Å². The summed E-state index contributed by atoms with van der Waals surface area (Å²) in [5.41, 5.74) is 4.20. The number of rotatable bonds is 6. The predicted molar refractivity (Wildman–Crippen MR) is 126 cm³/mol. The van der Waals surface area contributed by atoms with Gasteiger partial charge < -0.3 is 5.11 Å². The summed E-state index contributed by atoms with van der Waals surface area (Å²) in [6.45, 7) is 12.9. The second kappa shape index (κ2) is 9.32. The van der Waals surface area contributed by atoms with E-state index in [1.807, 2.05) is 30.0 Å².